The van der Waals surface area contributed by atoms with Crippen LogP contribution in [0.4, 0.5) is 5.69 Å². The first-order valence-electron chi connectivity index (χ1n) is 9.57. The molecule has 0 saturated carbocycles. The van der Waals surface area contributed by atoms with E-state index in [2.05, 4.69) is 36.7 Å². The van der Waals surface area contributed by atoms with Gasteiger partial charge in [-0.05, 0) is 54.5 Å². The monoisotopic (exact) mass is 470 g/mol. The molecule has 3 aromatic rings. The van der Waals surface area contributed by atoms with Gasteiger partial charge in [0.05, 0.1) is 6.54 Å². The average Bonchev–Trinajstić information content (AvgIpc) is 3.23. The fourth-order valence-electron chi connectivity index (χ4n) is 2.96. The number of nitrogens with zero attached hydrogens (tertiary/aromatic N) is 5. The average molecular weight is 471 g/mol. The van der Waals surface area contributed by atoms with E-state index < -0.39 is 6.04 Å². The number of rotatable bonds is 7. The molecular weight excluding hydrogens is 448 g/mol. The van der Waals surface area contributed by atoms with Crippen LogP contribution in [0.5, 0.6) is 0 Å². The molecule has 0 aliphatic rings. The van der Waals surface area contributed by atoms with Gasteiger partial charge in [-0.15, -0.1) is 10.2 Å². The maximum absolute atomic E-state index is 12.8. The molecule has 1 atom stereocenters. The van der Waals surface area contributed by atoms with Gasteiger partial charge in [0.15, 0.2) is 0 Å². The number of halogens is 1. The van der Waals surface area contributed by atoms with Crippen molar-refractivity contribution in [1.29, 1.82) is 0 Å². The highest BCUT2D eigenvalue weighted by Crippen LogP contribution is 2.19. The molecule has 2 aromatic carbocycles. The lowest BCUT2D eigenvalue weighted by Crippen LogP contribution is -2.39. The predicted molar refractivity (Wildman–Crippen MR) is 118 cm³/mol. The van der Waals surface area contributed by atoms with Gasteiger partial charge in [0.25, 0.3) is 0 Å². The van der Waals surface area contributed by atoms with Gasteiger partial charge in [-0.25, -0.2) is 0 Å². The van der Waals surface area contributed by atoms with Crippen molar-refractivity contribution in [2.75, 3.05) is 18.9 Å². The van der Waals surface area contributed by atoms with Crippen LogP contribution in [-0.4, -0.2) is 50.5 Å². The van der Waals surface area contributed by atoms with E-state index >= 15 is 0 Å². The second kappa shape index (κ2) is 9.62. The number of anilines is 1. The Morgan fingerprint density at radius 1 is 1.17 bits per heavy atom. The van der Waals surface area contributed by atoms with Crippen molar-refractivity contribution in [1.82, 2.24) is 25.1 Å². The number of para-hydroxylation sites is 1. The van der Waals surface area contributed by atoms with Gasteiger partial charge in [0, 0.05) is 22.8 Å². The van der Waals surface area contributed by atoms with E-state index in [1.165, 1.54) is 9.70 Å². The molecular formula is C21H23BrN6O2. The highest BCUT2D eigenvalue weighted by atomic mass is 79.9. The maximum atomic E-state index is 12.8. The SMILES string of the molecule is CCc1ccccc1NC(=O)CN(C)C(=O)C(C)n1nnc(-c2ccc(Br)cc2)n1. The summed E-state index contributed by atoms with van der Waals surface area (Å²) >= 11 is 3.39. The number of hydrogen-bond donors (Lipinski definition) is 1. The van der Waals surface area contributed by atoms with Crippen LogP contribution in [0.1, 0.15) is 25.5 Å². The van der Waals surface area contributed by atoms with Gasteiger partial charge in [-0.3, -0.25) is 9.59 Å². The second-order valence-electron chi connectivity index (χ2n) is 6.87. The van der Waals surface area contributed by atoms with Crippen molar-refractivity contribution in [2.45, 2.75) is 26.3 Å². The standard InChI is InChI=1S/C21H23BrN6O2/c1-4-15-7-5-6-8-18(15)23-19(29)13-27(3)21(30)14(2)28-25-20(24-26-28)16-9-11-17(22)12-10-16/h5-12,14H,4,13H2,1-3H3,(H,23,29). The van der Waals surface area contributed by atoms with Gasteiger partial charge in [-0.2, -0.15) is 4.80 Å². The zero-order chi connectivity index (χ0) is 21.7. The normalized spacial score (nSPS) is 11.7. The van der Waals surface area contributed by atoms with Crippen molar-refractivity contribution in [2.24, 2.45) is 0 Å². The Hall–Kier alpha value is -3.07. The molecule has 1 aromatic heterocycles. The molecule has 0 saturated heterocycles. The van der Waals surface area contributed by atoms with Crippen LogP contribution in [0, 0.1) is 0 Å². The molecule has 1 unspecified atom stereocenters. The Balaban J connectivity index is 1.62. The molecule has 0 bridgehead atoms. The maximum Gasteiger partial charge on any atom is 0.249 e. The molecule has 30 heavy (non-hydrogen) atoms. The topological polar surface area (TPSA) is 93.0 Å². The number of aromatic nitrogens is 4. The summed E-state index contributed by atoms with van der Waals surface area (Å²) in [5.74, 6) is -0.117. The number of likely N-dealkylation sites (N-methyl/N-ethyl adjacent to an activating group) is 1. The van der Waals surface area contributed by atoms with Crippen LogP contribution in [0.15, 0.2) is 53.0 Å². The summed E-state index contributed by atoms with van der Waals surface area (Å²) < 4.78 is 0.948. The Morgan fingerprint density at radius 2 is 1.87 bits per heavy atom. The van der Waals surface area contributed by atoms with Gasteiger partial charge in [-0.1, -0.05) is 41.1 Å². The molecule has 2 amide bonds. The molecule has 0 fully saturated rings. The molecule has 3 rings (SSSR count). The molecule has 0 aliphatic carbocycles. The van der Waals surface area contributed by atoms with Crippen molar-refractivity contribution in [3.8, 4) is 11.4 Å². The van der Waals surface area contributed by atoms with E-state index in [0.717, 1.165) is 27.7 Å². The molecule has 1 N–H and O–H groups in total. The van der Waals surface area contributed by atoms with Gasteiger partial charge in [0.2, 0.25) is 17.6 Å². The fraction of sp³-hybridized carbons (Fsp3) is 0.286. The summed E-state index contributed by atoms with van der Waals surface area (Å²) in [6, 6.07) is 14.4. The van der Waals surface area contributed by atoms with E-state index in [1.807, 2.05) is 55.5 Å². The van der Waals surface area contributed by atoms with Gasteiger partial charge in [0.1, 0.15) is 6.04 Å². The smallest absolute Gasteiger partial charge is 0.249 e. The molecule has 1 heterocycles. The summed E-state index contributed by atoms with van der Waals surface area (Å²) in [5.41, 5.74) is 2.60. The minimum absolute atomic E-state index is 0.0739. The quantitative estimate of drug-likeness (QED) is 0.571. The Labute approximate surface area is 183 Å². The largest absolute Gasteiger partial charge is 0.335 e. The molecule has 0 aliphatic heterocycles. The van der Waals surface area contributed by atoms with Gasteiger partial charge < -0.3 is 10.2 Å². The van der Waals surface area contributed by atoms with E-state index in [9.17, 15) is 9.59 Å². The third-order valence-electron chi connectivity index (χ3n) is 4.66. The highest BCUT2D eigenvalue weighted by Gasteiger charge is 2.23. The fourth-order valence-corrected chi connectivity index (χ4v) is 3.22. The summed E-state index contributed by atoms with van der Waals surface area (Å²) in [6.45, 7) is 3.63. The lowest BCUT2D eigenvalue weighted by molar-refractivity contribution is -0.136. The lowest BCUT2D eigenvalue weighted by Gasteiger charge is -2.20. The van der Waals surface area contributed by atoms with Crippen LogP contribution in [0.3, 0.4) is 0 Å². The zero-order valence-electron chi connectivity index (χ0n) is 17.0. The Bertz CT molecular complexity index is 1030. The summed E-state index contributed by atoms with van der Waals surface area (Å²) in [6.07, 6.45) is 0.806. The van der Waals surface area contributed by atoms with Crippen molar-refractivity contribution >= 4 is 33.4 Å². The van der Waals surface area contributed by atoms with Crippen LogP contribution >= 0.6 is 15.9 Å². The summed E-state index contributed by atoms with van der Waals surface area (Å²) in [5, 5.41) is 15.2. The molecule has 156 valence electrons. The third-order valence-corrected chi connectivity index (χ3v) is 5.19. The first kappa shape index (κ1) is 21.6. The van der Waals surface area contributed by atoms with E-state index in [1.54, 1.807) is 14.0 Å². The zero-order valence-corrected chi connectivity index (χ0v) is 18.6. The lowest BCUT2D eigenvalue weighted by atomic mass is 10.1. The number of nitrogens with one attached hydrogen (secondary N) is 1. The number of hydrogen-bond acceptors (Lipinski definition) is 5. The number of carbonyl (C=O) groups excluding carboxylic acids is 2. The van der Waals surface area contributed by atoms with Crippen molar-refractivity contribution < 1.29 is 9.59 Å². The predicted octanol–water partition coefficient (Wildman–Crippen LogP) is 3.32. The van der Waals surface area contributed by atoms with Crippen molar-refractivity contribution in [3.05, 3.63) is 58.6 Å². The first-order chi connectivity index (χ1) is 14.4. The third kappa shape index (κ3) is 5.10. The molecule has 9 heteroatoms. The first-order valence-corrected chi connectivity index (χ1v) is 10.4. The molecule has 8 nitrogen and oxygen atoms in total. The van der Waals surface area contributed by atoms with E-state index in [0.29, 0.717) is 5.82 Å². The number of amides is 2. The minimum atomic E-state index is -0.692. The Kier molecular flexibility index (Phi) is 6.94. The number of aryl methyl sites for hydroxylation is 1. The summed E-state index contributed by atoms with van der Waals surface area (Å²) in [4.78, 5) is 27.8. The minimum Gasteiger partial charge on any atom is -0.335 e. The molecule has 0 spiro atoms. The van der Waals surface area contributed by atoms with Crippen LogP contribution in [0.25, 0.3) is 11.4 Å². The van der Waals surface area contributed by atoms with Crippen LogP contribution < -0.4 is 5.32 Å². The van der Waals surface area contributed by atoms with Crippen molar-refractivity contribution in [3.63, 3.8) is 0 Å². The van der Waals surface area contributed by atoms with Crippen LogP contribution in [0.2, 0.25) is 0 Å². The van der Waals surface area contributed by atoms with E-state index in [4.69, 9.17) is 0 Å². The molecule has 0 radical (unpaired) electrons. The number of benzene rings is 2. The second-order valence-corrected chi connectivity index (χ2v) is 7.79. The summed E-state index contributed by atoms with van der Waals surface area (Å²) in [7, 11) is 1.58. The number of carbonyl (C=O) groups is 2. The number of tetrazole rings is 1. The van der Waals surface area contributed by atoms with Crippen LogP contribution in [-0.2, 0) is 16.0 Å². The van der Waals surface area contributed by atoms with E-state index in [-0.39, 0.29) is 18.4 Å². The highest BCUT2D eigenvalue weighted by molar-refractivity contribution is 9.10. The van der Waals surface area contributed by atoms with Gasteiger partial charge >= 0.3 is 0 Å². The Morgan fingerprint density at radius 3 is 2.57 bits per heavy atom.